The second-order valence-electron chi connectivity index (χ2n) is 5.12. The van der Waals surface area contributed by atoms with Crippen molar-refractivity contribution < 1.29 is 0 Å². The number of rotatable bonds is 7. The summed E-state index contributed by atoms with van der Waals surface area (Å²) in [5.41, 5.74) is 1.12. The van der Waals surface area contributed by atoms with E-state index in [-0.39, 0.29) is 0 Å². The third kappa shape index (κ3) is 4.00. The molecule has 0 saturated heterocycles. The Morgan fingerprint density at radius 3 is 3.10 bits per heavy atom. The highest BCUT2D eigenvalue weighted by molar-refractivity contribution is 7.20. The normalized spacial score (nSPS) is 12.6. The molecule has 0 bridgehead atoms. The molecule has 3 rings (SSSR count). The average Bonchev–Trinajstić information content (AvgIpc) is 3.21. The van der Waals surface area contributed by atoms with E-state index in [0.29, 0.717) is 5.92 Å². The Morgan fingerprint density at radius 2 is 2.33 bits per heavy atom. The molecule has 0 saturated carbocycles. The topological polar surface area (TPSA) is 42.7 Å². The van der Waals surface area contributed by atoms with E-state index in [2.05, 4.69) is 49.7 Å². The number of hydrogen-bond donors (Lipinski definition) is 1. The first-order chi connectivity index (χ1) is 10.3. The van der Waals surface area contributed by atoms with E-state index in [1.807, 2.05) is 18.7 Å². The van der Waals surface area contributed by atoms with Gasteiger partial charge in [-0.05, 0) is 23.9 Å². The van der Waals surface area contributed by atoms with Gasteiger partial charge < -0.3 is 9.88 Å². The summed E-state index contributed by atoms with van der Waals surface area (Å²) in [4.78, 5) is 9.99. The Hall–Kier alpha value is -1.50. The summed E-state index contributed by atoms with van der Waals surface area (Å²) in [7, 11) is 0. The first-order valence-electron chi connectivity index (χ1n) is 6.96. The van der Waals surface area contributed by atoms with Gasteiger partial charge in [-0.25, -0.2) is 9.97 Å². The van der Waals surface area contributed by atoms with Crippen LogP contribution in [0, 0.1) is 5.92 Å². The van der Waals surface area contributed by atoms with Gasteiger partial charge in [-0.2, -0.15) is 0 Å². The summed E-state index contributed by atoms with van der Waals surface area (Å²) in [6.07, 6.45) is 5.69. The zero-order valence-corrected chi connectivity index (χ0v) is 13.5. The standard InChI is InChI=1S/C15H18N4S2/c1-12(9-19-5-4-16-11-19)7-17-8-13-10-21-15(18-13)14-3-2-6-20-14/h2-6,10-12,17H,7-9H2,1H3. The molecule has 1 unspecified atom stereocenters. The van der Waals surface area contributed by atoms with E-state index in [0.717, 1.165) is 30.3 Å². The summed E-state index contributed by atoms with van der Waals surface area (Å²) in [5.74, 6) is 0.564. The highest BCUT2D eigenvalue weighted by Gasteiger charge is 2.06. The molecule has 1 N–H and O–H groups in total. The quantitative estimate of drug-likeness (QED) is 0.725. The van der Waals surface area contributed by atoms with Gasteiger partial charge in [0.25, 0.3) is 0 Å². The molecule has 0 amide bonds. The number of hydrogen-bond acceptors (Lipinski definition) is 5. The monoisotopic (exact) mass is 318 g/mol. The van der Waals surface area contributed by atoms with Crippen molar-refractivity contribution in [3.05, 3.63) is 47.3 Å². The molecular formula is C15H18N4S2. The Bertz CT molecular complexity index is 643. The maximum atomic E-state index is 4.68. The lowest BCUT2D eigenvalue weighted by atomic mass is 10.2. The third-order valence-corrected chi connectivity index (χ3v) is 5.09. The fraction of sp³-hybridized carbons (Fsp3) is 0.333. The molecule has 3 aromatic heterocycles. The van der Waals surface area contributed by atoms with Crippen LogP contribution in [0.25, 0.3) is 9.88 Å². The maximum absolute atomic E-state index is 4.68. The third-order valence-electron chi connectivity index (χ3n) is 3.16. The van der Waals surface area contributed by atoms with Gasteiger partial charge >= 0.3 is 0 Å². The van der Waals surface area contributed by atoms with E-state index in [1.54, 1.807) is 22.7 Å². The largest absolute Gasteiger partial charge is 0.337 e. The molecule has 0 aliphatic carbocycles. The molecule has 3 heterocycles. The maximum Gasteiger partial charge on any atom is 0.133 e. The second-order valence-corrected chi connectivity index (χ2v) is 6.92. The van der Waals surface area contributed by atoms with Crippen molar-refractivity contribution >= 4 is 22.7 Å². The molecule has 0 aliphatic heterocycles. The van der Waals surface area contributed by atoms with Gasteiger partial charge in [-0.3, -0.25) is 0 Å². The van der Waals surface area contributed by atoms with Crippen molar-refractivity contribution in [2.75, 3.05) is 6.54 Å². The van der Waals surface area contributed by atoms with Crippen LogP contribution in [0.1, 0.15) is 12.6 Å². The Balaban J connectivity index is 1.45. The summed E-state index contributed by atoms with van der Waals surface area (Å²) in [6.45, 7) is 5.04. The predicted molar refractivity (Wildman–Crippen MR) is 88.5 cm³/mol. The summed E-state index contributed by atoms with van der Waals surface area (Å²) in [6, 6.07) is 4.19. The van der Waals surface area contributed by atoms with Crippen LogP contribution in [0.3, 0.4) is 0 Å². The first-order valence-corrected chi connectivity index (χ1v) is 8.72. The average molecular weight is 318 g/mol. The van der Waals surface area contributed by atoms with Gasteiger partial charge in [-0.1, -0.05) is 13.0 Å². The lowest BCUT2D eigenvalue weighted by Gasteiger charge is -2.12. The van der Waals surface area contributed by atoms with Crippen molar-refractivity contribution in [2.24, 2.45) is 5.92 Å². The predicted octanol–water partition coefficient (Wildman–Crippen LogP) is 3.49. The zero-order valence-electron chi connectivity index (χ0n) is 11.9. The fourth-order valence-corrected chi connectivity index (χ4v) is 3.80. The van der Waals surface area contributed by atoms with Gasteiger partial charge in [0.2, 0.25) is 0 Å². The molecule has 0 radical (unpaired) electrons. The van der Waals surface area contributed by atoms with Crippen molar-refractivity contribution in [1.29, 1.82) is 0 Å². The summed E-state index contributed by atoms with van der Waals surface area (Å²) in [5, 5.41) is 8.84. The van der Waals surface area contributed by atoms with Gasteiger partial charge in [-0.15, -0.1) is 22.7 Å². The van der Waals surface area contributed by atoms with Gasteiger partial charge in [0, 0.05) is 30.9 Å². The molecule has 3 aromatic rings. The fourth-order valence-electron chi connectivity index (χ4n) is 2.17. The molecule has 0 spiro atoms. The molecule has 0 aliphatic rings. The van der Waals surface area contributed by atoms with Gasteiger partial charge in [0.1, 0.15) is 5.01 Å². The number of nitrogens with zero attached hydrogens (tertiary/aromatic N) is 3. The molecule has 1 atom stereocenters. The highest BCUT2D eigenvalue weighted by atomic mass is 32.1. The van der Waals surface area contributed by atoms with Crippen LogP contribution in [0.5, 0.6) is 0 Å². The van der Waals surface area contributed by atoms with Crippen molar-refractivity contribution in [2.45, 2.75) is 20.0 Å². The van der Waals surface area contributed by atoms with Crippen LogP contribution in [-0.2, 0) is 13.1 Å². The lowest BCUT2D eigenvalue weighted by molar-refractivity contribution is 0.444. The second kappa shape index (κ2) is 6.98. The van der Waals surface area contributed by atoms with Crippen molar-refractivity contribution in [3.8, 4) is 9.88 Å². The van der Waals surface area contributed by atoms with Crippen LogP contribution in [-0.4, -0.2) is 21.1 Å². The van der Waals surface area contributed by atoms with Gasteiger partial charge in [0.15, 0.2) is 0 Å². The van der Waals surface area contributed by atoms with Gasteiger partial charge in [0.05, 0.1) is 16.9 Å². The number of thiazole rings is 1. The summed E-state index contributed by atoms with van der Waals surface area (Å²) >= 11 is 3.46. The molecule has 0 aromatic carbocycles. The van der Waals surface area contributed by atoms with Crippen LogP contribution in [0.2, 0.25) is 0 Å². The first kappa shape index (κ1) is 14.4. The van der Waals surface area contributed by atoms with E-state index in [4.69, 9.17) is 0 Å². The van der Waals surface area contributed by atoms with Crippen molar-refractivity contribution in [1.82, 2.24) is 19.9 Å². The molecule has 6 heteroatoms. The van der Waals surface area contributed by atoms with E-state index in [1.165, 1.54) is 4.88 Å². The lowest BCUT2D eigenvalue weighted by Crippen LogP contribution is -2.23. The Labute approximate surface area is 132 Å². The highest BCUT2D eigenvalue weighted by Crippen LogP contribution is 2.27. The Kier molecular flexibility index (Phi) is 4.80. The van der Waals surface area contributed by atoms with Crippen LogP contribution >= 0.6 is 22.7 Å². The van der Waals surface area contributed by atoms with Crippen LogP contribution in [0.15, 0.2) is 41.6 Å². The summed E-state index contributed by atoms with van der Waals surface area (Å²) < 4.78 is 2.12. The molecule has 110 valence electrons. The minimum Gasteiger partial charge on any atom is -0.337 e. The molecule has 0 fully saturated rings. The minimum atomic E-state index is 0.564. The number of nitrogens with one attached hydrogen (secondary N) is 1. The number of aromatic nitrogens is 3. The smallest absolute Gasteiger partial charge is 0.133 e. The number of thiophene rings is 1. The van der Waals surface area contributed by atoms with Crippen LogP contribution < -0.4 is 5.32 Å². The van der Waals surface area contributed by atoms with Crippen molar-refractivity contribution in [3.63, 3.8) is 0 Å². The zero-order chi connectivity index (χ0) is 14.5. The molecule has 21 heavy (non-hydrogen) atoms. The minimum absolute atomic E-state index is 0.564. The van der Waals surface area contributed by atoms with E-state index in [9.17, 15) is 0 Å². The van der Waals surface area contributed by atoms with E-state index >= 15 is 0 Å². The Morgan fingerprint density at radius 1 is 1.38 bits per heavy atom. The van der Waals surface area contributed by atoms with E-state index < -0.39 is 0 Å². The molecular weight excluding hydrogens is 300 g/mol. The van der Waals surface area contributed by atoms with Crippen LogP contribution in [0.4, 0.5) is 0 Å². The SMILES string of the molecule is CC(CNCc1csc(-c2cccs2)n1)Cn1ccnc1. The number of imidazole rings is 1. The molecule has 4 nitrogen and oxygen atoms in total.